The van der Waals surface area contributed by atoms with Crippen LogP contribution in [0.5, 0.6) is 0 Å². The second kappa shape index (κ2) is 8.20. The molecule has 0 saturated heterocycles. The number of nitrogens with zero attached hydrogens (tertiary/aromatic N) is 2. The van der Waals surface area contributed by atoms with E-state index in [-0.39, 0.29) is 29.5 Å². The molecular weight excluding hydrogens is 433 g/mol. The van der Waals surface area contributed by atoms with Crippen molar-refractivity contribution in [3.8, 4) is 11.1 Å². The van der Waals surface area contributed by atoms with Crippen molar-refractivity contribution in [2.24, 2.45) is 5.92 Å². The fraction of sp³-hybridized carbons (Fsp3) is 0.391. The van der Waals surface area contributed by atoms with Gasteiger partial charge < -0.3 is 9.80 Å². The van der Waals surface area contributed by atoms with Gasteiger partial charge in [-0.1, -0.05) is 18.6 Å². The van der Waals surface area contributed by atoms with Crippen LogP contribution in [0.1, 0.15) is 33.1 Å². The molecule has 7 nitrogen and oxygen atoms in total. The Bertz CT molecular complexity index is 1190. The van der Waals surface area contributed by atoms with Crippen molar-refractivity contribution in [1.82, 2.24) is 0 Å². The van der Waals surface area contributed by atoms with Gasteiger partial charge in [0.2, 0.25) is 21.8 Å². The summed E-state index contributed by atoms with van der Waals surface area (Å²) < 4.78 is 39.5. The van der Waals surface area contributed by atoms with Crippen molar-refractivity contribution in [1.29, 1.82) is 0 Å². The van der Waals surface area contributed by atoms with E-state index >= 15 is 0 Å². The molecule has 170 valence electrons. The zero-order chi connectivity index (χ0) is 23.2. The zero-order valence-corrected chi connectivity index (χ0v) is 19.1. The van der Waals surface area contributed by atoms with Crippen LogP contribution in [-0.4, -0.2) is 39.1 Å². The molecule has 1 unspecified atom stereocenters. The second-order valence-electron chi connectivity index (χ2n) is 8.59. The number of sulfonamides is 1. The molecule has 0 aromatic heterocycles. The van der Waals surface area contributed by atoms with Crippen LogP contribution in [0.25, 0.3) is 11.1 Å². The minimum atomic E-state index is -3.60. The molecule has 1 aliphatic heterocycles. The van der Waals surface area contributed by atoms with E-state index in [1.54, 1.807) is 34.1 Å². The van der Waals surface area contributed by atoms with E-state index in [4.69, 9.17) is 0 Å². The van der Waals surface area contributed by atoms with Gasteiger partial charge in [0.15, 0.2) is 0 Å². The van der Waals surface area contributed by atoms with Crippen LogP contribution < -0.4 is 14.5 Å². The average molecular weight is 460 g/mol. The summed E-state index contributed by atoms with van der Waals surface area (Å²) in [5.41, 5.74) is 2.36. The highest BCUT2D eigenvalue weighted by atomic mass is 32.2. The van der Waals surface area contributed by atoms with E-state index < -0.39 is 15.8 Å². The third kappa shape index (κ3) is 4.21. The lowest BCUT2D eigenvalue weighted by Crippen LogP contribution is -2.53. The summed E-state index contributed by atoms with van der Waals surface area (Å²) in [5, 5.41) is 0. The molecule has 4 rings (SSSR count). The van der Waals surface area contributed by atoms with Crippen LogP contribution >= 0.6 is 0 Å². The standard InChI is InChI=1S/C23H26FN3O4S/c1-14-13-26(23(29)16-5-4-6-16)22-12-18(8-10-21(22)27(14)15(2)28)17-7-9-20(19(24)11-17)25-32(3,30)31/h7-12,14,16,25H,4-6,13H2,1-3H3. The first-order chi connectivity index (χ1) is 15.0. The van der Waals surface area contributed by atoms with Gasteiger partial charge in [-0.25, -0.2) is 12.8 Å². The highest BCUT2D eigenvalue weighted by molar-refractivity contribution is 7.92. The Balaban J connectivity index is 1.76. The summed E-state index contributed by atoms with van der Waals surface area (Å²) in [7, 11) is -3.60. The van der Waals surface area contributed by atoms with Gasteiger partial charge in [-0.2, -0.15) is 0 Å². The van der Waals surface area contributed by atoms with Gasteiger partial charge in [0.25, 0.3) is 0 Å². The molecule has 1 fully saturated rings. The summed E-state index contributed by atoms with van der Waals surface area (Å²) in [6.45, 7) is 3.82. The summed E-state index contributed by atoms with van der Waals surface area (Å²) in [4.78, 5) is 28.9. The quantitative estimate of drug-likeness (QED) is 0.754. The summed E-state index contributed by atoms with van der Waals surface area (Å²) in [5.74, 6) is -0.749. The van der Waals surface area contributed by atoms with Crippen LogP contribution in [-0.2, 0) is 19.6 Å². The van der Waals surface area contributed by atoms with Gasteiger partial charge >= 0.3 is 0 Å². The molecule has 32 heavy (non-hydrogen) atoms. The number of carbonyl (C=O) groups is 2. The summed E-state index contributed by atoms with van der Waals surface area (Å²) in [6.07, 6.45) is 3.74. The van der Waals surface area contributed by atoms with Crippen LogP contribution in [0, 0.1) is 11.7 Å². The average Bonchev–Trinajstić information content (AvgIpc) is 2.65. The fourth-order valence-electron chi connectivity index (χ4n) is 4.35. The topological polar surface area (TPSA) is 86.8 Å². The number of hydrogen-bond donors (Lipinski definition) is 1. The zero-order valence-electron chi connectivity index (χ0n) is 18.3. The number of hydrogen-bond acceptors (Lipinski definition) is 4. The maximum absolute atomic E-state index is 14.5. The number of carbonyl (C=O) groups excluding carboxylic acids is 2. The molecule has 1 N–H and O–H groups in total. The first-order valence-corrected chi connectivity index (χ1v) is 12.5. The van der Waals surface area contributed by atoms with Crippen molar-refractivity contribution >= 4 is 38.9 Å². The number of rotatable bonds is 4. The van der Waals surface area contributed by atoms with E-state index in [2.05, 4.69) is 4.72 Å². The van der Waals surface area contributed by atoms with E-state index in [9.17, 15) is 22.4 Å². The lowest BCUT2D eigenvalue weighted by atomic mass is 9.84. The Morgan fingerprint density at radius 1 is 1.06 bits per heavy atom. The van der Waals surface area contributed by atoms with Crippen molar-refractivity contribution < 1.29 is 22.4 Å². The first-order valence-electron chi connectivity index (χ1n) is 10.6. The molecule has 1 saturated carbocycles. The molecule has 2 aromatic carbocycles. The van der Waals surface area contributed by atoms with Gasteiger partial charge in [-0.3, -0.25) is 14.3 Å². The van der Waals surface area contributed by atoms with Crippen LogP contribution in [0.3, 0.4) is 0 Å². The third-order valence-electron chi connectivity index (χ3n) is 6.07. The minimum Gasteiger partial charge on any atom is -0.308 e. The van der Waals surface area contributed by atoms with Gasteiger partial charge in [0, 0.05) is 19.4 Å². The van der Waals surface area contributed by atoms with Crippen LogP contribution in [0.4, 0.5) is 21.5 Å². The van der Waals surface area contributed by atoms with Gasteiger partial charge in [-0.15, -0.1) is 0 Å². The molecule has 0 bridgehead atoms. The van der Waals surface area contributed by atoms with Crippen molar-refractivity contribution in [2.75, 3.05) is 27.3 Å². The highest BCUT2D eigenvalue weighted by Crippen LogP contribution is 2.41. The lowest BCUT2D eigenvalue weighted by molar-refractivity contribution is -0.125. The maximum atomic E-state index is 14.5. The number of halogens is 1. The molecule has 0 radical (unpaired) electrons. The maximum Gasteiger partial charge on any atom is 0.230 e. The largest absolute Gasteiger partial charge is 0.308 e. The predicted octanol–water partition coefficient (Wildman–Crippen LogP) is 3.75. The normalized spacial score (nSPS) is 18.7. The summed E-state index contributed by atoms with van der Waals surface area (Å²) >= 11 is 0. The van der Waals surface area contributed by atoms with Gasteiger partial charge in [-0.05, 0) is 55.2 Å². The summed E-state index contributed by atoms with van der Waals surface area (Å²) in [6, 6.07) is 9.43. The van der Waals surface area contributed by atoms with Gasteiger partial charge in [0.1, 0.15) is 5.82 Å². The molecule has 2 aliphatic rings. The molecule has 1 aliphatic carbocycles. The predicted molar refractivity (Wildman–Crippen MR) is 123 cm³/mol. The number of anilines is 3. The van der Waals surface area contributed by atoms with E-state index in [0.29, 0.717) is 29.0 Å². The number of nitrogens with one attached hydrogen (secondary N) is 1. The molecular formula is C23H26FN3O4S. The Hall–Kier alpha value is -2.94. The Morgan fingerprint density at radius 3 is 2.28 bits per heavy atom. The molecule has 9 heteroatoms. The Labute approximate surface area is 187 Å². The van der Waals surface area contributed by atoms with E-state index in [0.717, 1.165) is 25.5 Å². The fourth-order valence-corrected chi connectivity index (χ4v) is 4.91. The van der Waals surface area contributed by atoms with Crippen LogP contribution in [0.15, 0.2) is 36.4 Å². The van der Waals surface area contributed by atoms with Crippen LogP contribution in [0.2, 0.25) is 0 Å². The van der Waals surface area contributed by atoms with Crippen molar-refractivity contribution in [3.05, 3.63) is 42.2 Å². The monoisotopic (exact) mass is 459 g/mol. The third-order valence-corrected chi connectivity index (χ3v) is 6.66. The number of amides is 2. The van der Waals surface area contributed by atoms with E-state index in [1.165, 1.54) is 19.1 Å². The molecule has 0 spiro atoms. The number of fused-ring (bicyclic) bond motifs is 1. The van der Waals surface area contributed by atoms with Crippen molar-refractivity contribution in [2.45, 2.75) is 39.2 Å². The smallest absolute Gasteiger partial charge is 0.230 e. The Kier molecular flexibility index (Phi) is 5.70. The van der Waals surface area contributed by atoms with Gasteiger partial charge in [0.05, 0.1) is 29.4 Å². The highest BCUT2D eigenvalue weighted by Gasteiger charge is 2.37. The number of benzene rings is 2. The first kappa shape index (κ1) is 22.3. The molecule has 2 aromatic rings. The lowest BCUT2D eigenvalue weighted by Gasteiger charge is -2.43. The minimum absolute atomic E-state index is 0.00128. The second-order valence-corrected chi connectivity index (χ2v) is 10.3. The molecule has 1 atom stereocenters. The molecule has 2 amide bonds. The van der Waals surface area contributed by atoms with Crippen molar-refractivity contribution in [3.63, 3.8) is 0 Å². The SMILES string of the molecule is CC(=O)N1c2ccc(-c3ccc(NS(C)(=O)=O)c(F)c3)cc2N(C(=O)C2CCC2)CC1C. The Morgan fingerprint density at radius 2 is 1.72 bits per heavy atom. The van der Waals surface area contributed by atoms with E-state index in [1.807, 2.05) is 6.92 Å². The molecule has 1 heterocycles.